The van der Waals surface area contributed by atoms with Crippen LogP contribution in [0.1, 0.15) is 34.1 Å². The lowest BCUT2D eigenvalue weighted by molar-refractivity contribution is -0.120. The summed E-state index contributed by atoms with van der Waals surface area (Å²) in [7, 11) is -3.07. The van der Waals surface area contributed by atoms with Crippen molar-refractivity contribution >= 4 is 9.84 Å². The zero-order chi connectivity index (χ0) is 12.6. The van der Waals surface area contributed by atoms with Gasteiger partial charge >= 0.3 is 0 Å². The van der Waals surface area contributed by atoms with Crippen LogP contribution in [0.3, 0.4) is 0 Å². The molecule has 0 bridgehead atoms. The molecular weight excluding hydrogens is 228 g/mol. The van der Waals surface area contributed by atoms with Gasteiger partial charge in [0.2, 0.25) is 0 Å². The third-order valence-corrected chi connectivity index (χ3v) is 3.74. The lowest BCUT2D eigenvalue weighted by atomic mass is 10.2. The molecule has 0 rings (SSSR count). The Bertz CT molecular complexity index is 253. The van der Waals surface area contributed by atoms with Gasteiger partial charge in [-0.3, -0.25) is 0 Å². The SMILES string of the molecule is CCOC(CS(=O)(=O)CCC(C)C)OCC. The number of sulfone groups is 1. The molecule has 16 heavy (non-hydrogen) atoms. The Balaban J connectivity index is 4.18. The highest BCUT2D eigenvalue weighted by molar-refractivity contribution is 7.91. The molecule has 0 heterocycles. The molecule has 0 aromatic carbocycles. The van der Waals surface area contributed by atoms with Crippen molar-refractivity contribution in [2.24, 2.45) is 5.92 Å². The molecule has 0 unspecified atom stereocenters. The van der Waals surface area contributed by atoms with Crippen LogP contribution < -0.4 is 0 Å². The predicted octanol–water partition coefficient (Wildman–Crippen LogP) is 1.85. The van der Waals surface area contributed by atoms with Crippen LogP contribution in [0.25, 0.3) is 0 Å². The van der Waals surface area contributed by atoms with Crippen molar-refractivity contribution in [3.63, 3.8) is 0 Å². The fourth-order valence-corrected chi connectivity index (χ4v) is 2.83. The van der Waals surface area contributed by atoms with Crippen LogP contribution in [0.15, 0.2) is 0 Å². The Morgan fingerprint density at radius 2 is 1.56 bits per heavy atom. The molecule has 4 nitrogen and oxygen atoms in total. The number of ether oxygens (including phenoxy) is 2. The van der Waals surface area contributed by atoms with Crippen LogP contribution in [-0.4, -0.2) is 39.4 Å². The molecule has 0 aliphatic carbocycles. The first kappa shape index (κ1) is 15.9. The van der Waals surface area contributed by atoms with Crippen LogP contribution in [0.5, 0.6) is 0 Å². The van der Waals surface area contributed by atoms with Gasteiger partial charge < -0.3 is 9.47 Å². The third-order valence-electron chi connectivity index (χ3n) is 2.10. The summed E-state index contributed by atoms with van der Waals surface area (Å²) in [4.78, 5) is 0. The molecule has 0 saturated carbocycles. The van der Waals surface area contributed by atoms with Crippen molar-refractivity contribution in [1.29, 1.82) is 0 Å². The van der Waals surface area contributed by atoms with Crippen molar-refractivity contribution in [1.82, 2.24) is 0 Å². The zero-order valence-corrected chi connectivity index (χ0v) is 11.5. The molecule has 0 spiro atoms. The maximum atomic E-state index is 11.7. The second-order valence-corrected chi connectivity index (χ2v) is 6.37. The number of hydrogen-bond acceptors (Lipinski definition) is 4. The molecule has 5 heteroatoms. The lowest BCUT2D eigenvalue weighted by Gasteiger charge is -2.17. The Hall–Kier alpha value is -0.130. The fourth-order valence-electron chi connectivity index (χ4n) is 1.22. The monoisotopic (exact) mass is 252 g/mol. The topological polar surface area (TPSA) is 52.6 Å². The molecule has 0 aromatic heterocycles. The molecule has 0 radical (unpaired) electrons. The van der Waals surface area contributed by atoms with Gasteiger partial charge in [-0.1, -0.05) is 13.8 Å². The summed E-state index contributed by atoms with van der Waals surface area (Å²) in [5, 5.41) is 0. The van der Waals surface area contributed by atoms with Crippen molar-refractivity contribution in [2.75, 3.05) is 24.7 Å². The molecule has 98 valence electrons. The van der Waals surface area contributed by atoms with Gasteiger partial charge in [0.25, 0.3) is 0 Å². The quantitative estimate of drug-likeness (QED) is 0.588. The van der Waals surface area contributed by atoms with Gasteiger partial charge in [0.05, 0.1) is 5.75 Å². The number of hydrogen-bond donors (Lipinski definition) is 0. The van der Waals surface area contributed by atoms with Gasteiger partial charge in [-0.2, -0.15) is 0 Å². The van der Waals surface area contributed by atoms with E-state index in [9.17, 15) is 8.42 Å². The highest BCUT2D eigenvalue weighted by Gasteiger charge is 2.19. The van der Waals surface area contributed by atoms with Crippen LogP contribution in [-0.2, 0) is 19.3 Å². The lowest BCUT2D eigenvalue weighted by Crippen LogP contribution is -2.28. The zero-order valence-electron chi connectivity index (χ0n) is 10.7. The van der Waals surface area contributed by atoms with Crippen LogP contribution in [0.4, 0.5) is 0 Å². The fraction of sp³-hybridized carbons (Fsp3) is 1.00. The first-order valence-electron chi connectivity index (χ1n) is 5.84. The van der Waals surface area contributed by atoms with Crippen molar-refractivity contribution in [2.45, 2.75) is 40.4 Å². The second-order valence-electron chi connectivity index (χ2n) is 4.14. The van der Waals surface area contributed by atoms with Crippen LogP contribution >= 0.6 is 0 Å². The molecular formula is C11H24O4S. The first-order valence-corrected chi connectivity index (χ1v) is 7.67. The minimum Gasteiger partial charge on any atom is -0.352 e. The molecule has 0 saturated heterocycles. The third kappa shape index (κ3) is 8.07. The van der Waals surface area contributed by atoms with E-state index in [1.165, 1.54) is 0 Å². The van der Waals surface area contributed by atoms with Gasteiger partial charge in [-0.05, 0) is 26.2 Å². The molecule has 0 fully saturated rings. The maximum absolute atomic E-state index is 11.7. The molecule has 0 N–H and O–H groups in total. The highest BCUT2D eigenvalue weighted by Crippen LogP contribution is 2.07. The molecule has 0 aliphatic rings. The van der Waals surface area contributed by atoms with Crippen molar-refractivity contribution in [3.05, 3.63) is 0 Å². The Labute approximate surface area is 99.2 Å². The van der Waals surface area contributed by atoms with Crippen molar-refractivity contribution in [3.8, 4) is 0 Å². The average molecular weight is 252 g/mol. The van der Waals surface area contributed by atoms with Gasteiger partial charge in [0, 0.05) is 13.2 Å². The van der Waals surface area contributed by atoms with Crippen LogP contribution in [0, 0.1) is 5.92 Å². The Morgan fingerprint density at radius 3 is 1.94 bits per heavy atom. The van der Waals surface area contributed by atoms with E-state index < -0.39 is 16.1 Å². The summed E-state index contributed by atoms with van der Waals surface area (Å²) in [5.74, 6) is 0.565. The minimum atomic E-state index is -3.07. The molecule has 0 atom stereocenters. The molecule has 0 aliphatic heterocycles. The van der Waals surface area contributed by atoms with E-state index in [0.717, 1.165) is 0 Å². The minimum absolute atomic E-state index is 0.0403. The predicted molar refractivity (Wildman–Crippen MR) is 65.1 cm³/mol. The first-order chi connectivity index (χ1) is 7.41. The van der Waals surface area contributed by atoms with E-state index in [-0.39, 0.29) is 11.5 Å². The van der Waals surface area contributed by atoms with E-state index in [2.05, 4.69) is 0 Å². The van der Waals surface area contributed by atoms with E-state index in [4.69, 9.17) is 9.47 Å². The normalized spacial score (nSPS) is 12.6. The second kappa shape index (κ2) is 8.03. The highest BCUT2D eigenvalue weighted by atomic mass is 32.2. The summed E-state index contributed by atoms with van der Waals surface area (Å²) in [6.45, 7) is 8.60. The Kier molecular flexibility index (Phi) is 7.97. The van der Waals surface area contributed by atoms with E-state index in [1.54, 1.807) is 0 Å². The van der Waals surface area contributed by atoms with Gasteiger partial charge in [0.1, 0.15) is 5.75 Å². The molecule has 0 amide bonds. The van der Waals surface area contributed by atoms with E-state index in [0.29, 0.717) is 25.6 Å². The summed E-state index contributed by atoms with van der Waals surface area (Å²) in [5.41, 5.74) is 0. The van der Waals surface area contributed by atoms with Crippen molar-refractivity contribution < 1.29 is 17.9 Å². The largest absolute Gasteiger partial charge is 0.352 e. The average Bonchev–Trinajstić information content (AvgIpc) is 2.15. The summed E-state index contributed by atoms with van der Waals surface area (Å²) in [6.07, 6.45) is 0.0694. The van der Waals surface area contributed by atoms with Gasteiger partial charge in [-0.15, -0.1) is 0 Å². The standard InChI is InChI=1S/C11H24O4S/c1-5-14-11(15-6-2)9-16(12,13)8-7-10(3)4/h10-11H,5-9H2,1-4H3. The van der Waals surface area contributed by atoms with Gasteiger partial charge in [-0.25, -0.2) is 8.42 Å². The maximum Gasteiger partial charge on any atom is 0.171 e. The summed E-state index contributed by atoms with van der Waals surface area (Å²) >= 11 is 0. The number of rotatable bonds is 9. The smallest absolute Gasteiger partial charge is 0.171 e. The van der Waals surface area contributed by atoms with Gasteiger partial charge in [0.15, 0.2) is 16.1 Å². The van der Waals surface area contributed by atoms with E-state index >= 15 is 0 Å². The molecule has 0 aromatic rings. The summed E-state index contributed by atoms with van der Waals surface area (Å²) in [6, 6.07) is 0. The van der Waals surface area contributed by atoms with Crippen LogP contribution in [0.2, 0.25) is 0 Å². The summed E-state index contributed by atoms with van der Waals surface area (Å²) < 4.78 is 33.9. The van der Waals surface area contributed by atoms with E-state index in [1.807, 2.05) is 27.7 Å². The Morgan fingerprint density at radius 1 is 1.06 bits per heavy atom.